The molecule has 6 heteroatoms. The van der Waals surface area contributed by atoms with Crippen molar-refractivity contribution in [1.82, 2.24) is 0 Å². The normalized spacial score (nSPS) is 31.1. The van der Waals surface area contributed by atoms with Crippen LogP contribution in [0.3, 0.4) is 0 Å². The van der Waals surface area contributed by atoms with Gasteiger partial charge in [0.25, 0.3) is 0 Å². The molecule has 0 saturated heterocycles. The number of nitrogens with zero attached hydrogens (tertiary/aromatic N) is 2. The van der Waals surface area contributed by atoms with E-state index in [9.17, 15) is 20.2 Å². The highest BCUT2D eigenvalue weighted by atomic mass is 16.6. The molecule has 1 rings (SSSR count). The quantitative estimate of drug-likeness (QED) is 0.549. The molecule has 0 aromatic rings. The molecule has 0 aromatic carbocycles. The van der Waals surface area contributed by atoms with Gasteiger partial charge in [-0.25, -0.2) is 0 Å². The van der Waals surface area contributed by atoms with Crippen LogP contribution >= 0.6 is 0 Å². The summed E-state index contributed by atoms with van der Waals surface area (Å²) in [5.74, 6) is -0.0597. The van der Waals surface area contributed by atoms with Gasteiger partial charge in [0.15, 0.2) is 0 Å². The standard InChI is InChI=1S/C10H18N2O4/c1-9(2,11(13)14)8-4-6-10(3,7-5-8)12(15)16/h8H,4-7H2,1-3H3. The van der Waals surface area contributed by atoms with Crippen LogP contribution in [0.4, 0.5) is 0 Å². The summed E-state index contributed by atoms with van der Waals surface area (Å²) in [6.07, 6.45) is 1.99. The summed E-state index contributed by atoms with van der Waals surface area (Å²) in [6, 6.07) is 0. The summed E-state index contributed by atoms with van der Waals surface area (Å²) < 4.78 is 0. The van der Waals surface area contributed by atoms with Crippen molar-refractivity contribution in [3.05, 3.63) is 20.2 Å². The zero-order chi connectivity index (χ0) is 12.6. The summed E-state index contributed by atoms with van der Waals surface area (Å²) in [5.41, 5.74) is -1.86. The number of hydrogen-bond acceptors (Lipinski definition) is 4. The lowest BCUT2D eigenvalue weighted by Gasteiger charge is -2.34. The fourth-order valence-electron chi connectivity index (χ4n) is 2.28. The predicted molar refractivity (Wildman–Crippen MR) is 58.4 cm³/mol. The van der Waals surface area contributed by atoms with Crippen molar-refractivity contribution in [2.45, 2.75) is 57.5 Å². The zero-order valence-electron chi connectivity index (χ0n) is 9.93. The molecule has 0 N–H and O–H groups in total. The Morgan fingerprint density at radius 3 is 1.94 bits per heavy atom. The van der Waals surface area contributed by atoms with E-state index in [0.29, 0.717) is 25.7 Å². The predicted octanol–water partition coefficient (Wildman–Crippen LogP) is 2.27. The molecule has 0 spiro atoms. The third-order valence-electron chi connectivity index (χ3n) is 3.97. The van der Waals surface area contributed by atoms with Crippen LogP contribution in [0.5, 0.6) is 0 Å². The smallest absolute Gasteiger partial charge is 0.219 e. The molecule has 0 radical (unpaired) electrons. The lowest BCUT2D eigenvalue weighted by atomic mass is 9.71. The van der Waals surface area contributed by atoms with E-state index in [-0.39, 0.29) is 15.8 Å². The highest BCUT2D eigenvalue weighted by molar-refractivity contribution is 4.88. The third kappa shape index (κ3) is 2.15. The van der Waals surface area contributed by atoms with Gasteiger partial charge in [0.05, 0.1) is 0 Å². The molecule has 92 valence electrons. The van der Waals surface area contributed by atoms with E-state index < -0.39 is 11.1 Å². The minimum absolute atomic E-state index is 0.0597. The highest BCUT2D eigenvalue weighted by Crippen LogP contribution is 2.39. The third-order valence-corrected chi connectivity index (χ3v) is 3.97. The van der Waals surface area contributed by atoms with Crippen molar-refractivity contribution in [1.29, 1.82) is 0 Å². The van der Waals surface area contributed by atoms with Gasteiger partial charge in [-0.2, -0.15) is 0 Å². The lowest BCUT2D eigenvalue weighted by Crippen LogP contribution is -2.46. The molecule has 1 saturated carbocycles. The molecule has 6 nitrogen and oxygen atoms in total. The molecule has 0 aromatic heterocycles. The molecular weight excluding hydrogens is 212 g/mol. The van der Waals surface area contributed by atoms with E-state index in [1.807, 2.05) is 0 Å². The van der Waals surface area contributed by atoms with E-state index in [2.05, 4.69) is 0 Å². The maximum absolute atomic E-state index is 10.9. The second kappa shape index (κ2) is 3.99. The maximum Gasteiger partial charge on any atom is 0.219 e. The minimum Gasteiger partial charge on any atom is -0.264 e. The first-order valence-corrected chi connectivity index (χ1v) is 5.49. The molecule has 16 heavy (non-hydrogen) atoms. The second-order valence-corrected chi connectivity index (χ2v) is 5.44. The first kappa shape index (κ1) is 12.9. The van der Waals surface area contributed by atoms with Crippen LogP contribution in [0.25, 0.3) is 0 Å². The van der Waals surface area contributed by atoms with E-state index in [4.69, 9.17) is 0 Å². The van der Waals surface area contributed by atoms with Crippen molar-refractivity contribution in [3.8, 4) is 0 Å². The zero-order valence-corrected chi connectivity index (χ0v) is 9.93. The molecule has 1 fully saturated rings. The van der Waals surface area contributed by atoms with Gasteiger partial charge in [-0.3, -0.25) is 20.2 Å². The monoisotopic (exact) mass is 230 g/mol. The Hall–Kier alpha value is -1.20. The molecule has 0 atom stereocenters. The van der Waals surface area contributed by atoms with E-state index in [0.717, 1.165) is 0 Å². The number of rotatable bonds is 3. The van der Waals surface area contributed by atoms with E-state index >= 15 is 0 Å². The van der Waals surface area contributed by atoms with Gasteiger partial charge in [-0.05, 0) is 12.8 Å². The Morgan fingerprint density at radius 1 is 1.19 bits per heavy atom. The maximum atomic E-state index is 10.9. The Balaban J connectivity index is 2.69. The van der Waals surface area contributed by atoms with Crippen LogP contribution in [0.1, 0.15) is 46.5 Å². The molecule has 1 aliphatic rings. The Morgan fingerprint density at radius 2 is 1.62 bits per heavy atom. The molecule has 0 aliphatic heterocycles. The SMILES string of the molecule is CC1([N+](=O)[O-])CCC(C(C)(C)[N+](=O)[O-])CC1. The van der Waals surface area contributed by atoms with Crippen molar-refractivity contribution < 1.29 is 9.85 Å². The van der Waals surface area contributed by atoms with Gasteiger partial charge in [-0.1, -0.05) is 0 Å². The van der Waals surface area contributed by atoms with Crippen LogP contribution in [0.2, 0.25) is 0 Å². The Labute approximate surface area is 94.3 Å². The first-order valence-electron chi connectivity index (χ1n) is 5.49. The van der Waals surface area contributed by atoms with Gasteiger partial charge < -0.3 is 0 Å². The molecule has 0 bridgehead atoms. The van der Waals surface area contributed by atoms with Gasteiger partial charge in [0.1, 0.15) is 0 Å². The molecule has 0 unspecified atom stereocenters. The van der Waals surface area contributed by atoms with Crippen LogP contribution in [-0.4, -0.2) is 20.9 Å². The average molecular weight is 230 g/mol. The van der Waals surface area contributed by atoms with Crippen LogP contribution in [0.15, 0.2) is 0 Å². The molecular formula is C10H18N2O4. The fourth-order valence-corrected chi connectivity index (χ4v) is 2.28. The number of hydrogen-bond donors (Lipinski definition) is 0. The summed E-state index contributed by atoms with van der Waals surface area (Å²) >= 11 is 0. The lowest BCUT2D eigenvalue weighted by molar-refractivity contribution is -0.586. The average Bonchev–Trinajstić information content (AvgIpc) is 2.18. The van der Waals surface area contributed by atoms with E-state index in [1.165, 1.54) is 0 Å². The van der Waals surface area contributed by atoms with Gasteiger partial charge in [-0.15, -0.1) is 0 Å². The van der Waals surface area contributed by atoms with Crippen molar-refractivity contribution in [2.24, 2.45) is 5.92 Å². The number of nitro groups is 2. The summed E-state index contributed by atoms with van der Waals surface area (Å²) in [5, 5.41) is 21.7. The van der Waals surface area contributed by atoms with Gasteiger partial charge >= 0.3 is 0 Å². The van der Waals surface area contributed by atoms with Gasteiger partial charge in [0.2, 0.25) is 11.1 Å². The second-order valence-electron chi connectivity index (χ2n) is 5.44. The largest absolute Gasteiger partial charge is 0.264 e. The van der Waals surface area contributed by atoms with Crippen LogP contribution in [0, 0.1) is 26.1 Å². The van der Waals surface area contributed by atoms with Crippen molar-refractivity contribution in [2.75, 3.05) is 0 Å². The van der Waals surface area contributed by atoms with Gasteiger partial charge in [0, 0.05) is 49.4 Å². The molecule has 0 heterocycles. The Kier molecular flexibility index (Phi) is 3.21. The highest BCUT2D eigenvalue weighted by Gasteiger charge is 2.49. The van der Waals surface area contributed by atoms with Crippen LogP contribution in [-0.2, 0) is 0 Å². The van der Waals surface area contributed by atoms with Crippen LogP contribution < -0.4 is 0 Å². The van der Waals surface area contributed by atoms with Crippen molar-refractivity contribution >= 4 is 0 Å². The summed E-state index contributed by atoms with van der Waals surface area (Å²) in [7, 11) is 0. The minimum atomic E-state index is -0.974. The molecule has 1 aliphatic carbocycles. The fraction of sp³-hybridized carbons (Fsp3) is 1.00. The molecule has 0 amide bonds. The summed E-state index contributed by atoms with van der Waals surface area (Å²) in [4.78, 5) is 21.2. The van der Waals surface area contributed by atoms with Crippen molar-refractivity contribution in [3.63, 3.8) is 0 Å². The summed E-state index contributed by atoms with van der Waals surface area (Å²) in [6.45, 7) is 4.83. The van der Waals surface area contributed by atoms with E-state index in [1.54, 1.807) is 20.8 Å². The topological polar surface area (TPSA) is 86.3 Å². The Bertz CT molecular complexity index is 306. The first-order chi connectivity index (χ1) is 7.20.